The fraction of sp³-hybridized carbons (Fsp3) is 0. The van der Waals surface area contributed by atoms with Gasteiger partial charge in [0.2, 0.25) is 0 Å². The van der Waals surface area contributed by atoms with Crippen LogP contribution >= 0.6 is 0 Å². The summed E-state index contributed by atoms with van der Waals surface area (Å²) < 4.78 is 42.1. The van der Waals surface area contributed by atoms with Crippen molar-refractivity contribution in [2.24, 2.45) is 0 Å². The molecule has 22 rings (SSSR count). The third-order valence-corrected chi connectivity index (χ3v) is 21.3. The van der Waals surface area contributed by atoms with Crippen LogP contribution in [0.3, 0.4) is 0 Å². The molecule has 0 amide bonds. The van der Waals surface area contributed by atoms with Crippen LogP contribution in [0.5, 0.6) is 0 Å². The van der Waals surface area contributed by atoms with Gasteiger partial charge in [-0.05, 0) is 117 Å². The Morgan fingerprint density at radius 2 is 0.500 bits per heavy atom. The highest BCUT2D eigenvalue weighted by atomic mass is 14.9. The molecule has 0 aliphatic carbocycles. The summed E-state index contributed by atoms with van der Waals surface area (Å²) >= 11 is 0. The van der Waals surface area contributed by atoms with E-state index in [-0.39, 0.29) is 29.7 Å². The molecule has 19 aromatic carbocycles. The van der Waals surface area contributed by atoms with E-state index in [0.29, 0.717) is 17.1 Å². The number of nitrogens with zero attached hydrogens (tertiary/aromatic N) is 6. The van der Waals surface area contributed by atoms with Crippen LogP contribution in [0, 0.1) is 0 Å². The average Bonchev–Trinajstić information content (AvgIpc) is 0.732. The van der Waals surface area contributed by atoms with Gasteiger partial charge >= 0.3 is 0 Å². The summed E-state index contributed by atoms with van der Waals surface area (Å²) in [5.41, 5.74) is 16.8. The Hall–Kier alpha value is -15.0. The van der Waals surface area contributed by atoms with Crippen molar-refractivity contribution in [3.8, 4) is 101 Å². The van der Waals surface area contributed by atoms with E-state index in [2.05, 4.69) is 285 Å². The van der Waals surface area contributed by atoms with Crippen molar-refractivity contribution in [1.82, 2.24) is 29.9 Å². The van der Waals surface area contributed by atoms with Crippen molar-refractivity contribution in [2.45, 2.75) is 0 Å². The van der Waals surface area contributed by atoms with Gasteiger partial charge in [-0.1, -0.05) is 388 Å². The summed E-state index contributed by atoms with van der Waals surface area (Å²) in [5.74, 6) is 2.07. The first-order valence-corrected chi connectivity index (χ1v) is 37.6. The van der Waals surface area contributed by atoms with E-state index in [1.807, 2.05) is 97.1 Å². The Morgan fingerprint density at radius 1 is 0.161 bits per heavy atom. The molecule has 22 aromatic rings. The first kappa shape index (κ1) is 61.1. The zero-order valence-corrected chi connectivity index (χ0v) is 60.6. The molecular formula is C106H68N6. The summed E-state index contributed by atoms with van der Waals surface area (Å²) in [7, 11) is 0. The predicted molar refractivity (Wildman–Crippen MR) is 470 cm³/mol. The molecule has 0 N–H and O–H groups in total. The zero-order chi connectivity index (χ0) is 78.6. The third kappa shape index (κ3) is 12.3. The standard InChI is InChI=1S/C38H24N2.2C34H22N2/c1-2-14-27(15-3-1)36-35-24-34(30-22-10-16-25-12-4-6-18-28(25)30)31-20-8-9-21-32(31)37(35)40-38(39-36)33-23-11-17-26-13-5-7-19-29(26)33;1-3-12-24(13-4-1)30-22-31-32(28-21-11-17-23-14-7-8-18-26(23)28)35-34(25-15-5-2-6-16-25)36-33(31)29-20-10-9-19-27(29)30;1-3-12-24(13-4-1)30-22-31-32(27-20-19-23-11-7-8-16-26(23)21-27)35-34(25-14-5-2-6-15-25)36-33(31)29-18-10-9-17-28(29)30/h1-24H;2*1-22H/i;;1D,3D,4D,12D,13D. The largest absolute Gasteiger partial charge is 0.227 e. The zero-order valence-electron chi connectivity index (χ0n) is 65.6. The summed E-state index contributed by atoms with van der Waals surface area (Å²) in [6.07, 6.45) is 0. The molecule has 0 radical (unpaired) electrons. The molecule has 522 valence electrons. The molecule has 6 heteroatoms. The summed E-state index contributed by atoms with van der Waals surface area (Å²) in [5, 5.41) is 18.4. The molecule has 3 aromatic heterocycles. The number of benzene rings is 19. The molecule has 0 saturated heterocycles. The van der Waals surface area contributed by atoms with Gasteiger partial charge in [0.25, 0.3) is 0 Å². The van der Waals surface area contributed by atoms with Crippen molar-refractivity contribution in [3.63, 3.8) is 0 Å². The van der Waals surface area contributed by atoms with Crippen molar-refractivity contribution in [1.29, 1.82) is 0 Å². The van der Waals surface area contributed by atoms with Gasteiger partial charge in [-0.2, -0.15) is 0 Å². The smallest absolute Gasteiger partial charge is 0.161 e. The molecule has 0 saturated carbocycles. The lowest BCUT2D eigenvalue weighted by atomic mass is 9.91. The number of fused-ring (bicyclic) bond motifs is 13. The minimum Gasteiger partial charge on any atom is -0.227 e. The van der Waals surface area contributed by atoms with Crippen molar-refractivity contribution in [3.05, 3.63) is 412 Å². The van der Waals surface area contributed by atoms with Crippen LogP contribution in [-0.4, -0.2) is 29.9 Å². The Kier molecular flexibility index (Phi) is 15.8. The molecule has 3 heterocycles. The minimum absolute atomic E-state index is 0.158. The van der Waals surface area contributed by atoms with Crippen molar-refractivity contribution in [2.75, 3.05) is 0 Å². The van der Waals surface area contributed by atoms with E-state index in [9.17, 15) is 0 Å². The molecule has 0 atom stereocenters. The highest BCUT2D eigenvalue weighted by Crippen LogP contribution is 2.45. The molecule has 0 unspecified atom stereocenters. The van der Waals surface area contributed by atoms with Crippen LogP contribution < -0.4 is 0 Å². The molecule has 0 bridgehead atoms. The number of rotatable bonds is 9. The van der Waals surface area contributed by atoms with Crippen LogP contribution in [0.15, 0.2) is 412 Å². The third-order valence-electron chi connectivity index (χ3n) is 21.3. The second kappa shape index (κ2) is 29.0. The first-order valence-electron chi connectivity index (χ1n) is 40.1. The van der Waals surface area contributed by atoms with Gasteiger partial charge in [0.15, 0.2) is 17.5 Å². The maximum absolute atomic E-state index is 8.71. The van der Waals surface area contributed by atoms with Gasteiger partial charge in [-0.25, -0.2) is 29.9 Å². The molecular weight excluding hydrogens is 1360 g/mol. The Morgan fingerprint density at radius 3 is 1.03 bits per heavy atom. The highest BCUT2D eigenvalue weighted by Gasteiger charge is 2.23. The second-order valence-corrected chi connectivity index (χ2v) is 27.9. The molecule has 0 spiro atoms. The first-order chi connectivity index (χ1) is 57.6. The number of aromatic nitrogens is 6. The molecule has 0 fully saturated rings. The van der Waals surface area contributed by atoms with E-state index >= 15 is 0 Å². The van der Waals surface area contributed by atoms with E-state index in [0.717, 1.165) is 127 Å². The summed E-state index contributed by atoms with van der Waals surface area (Å²) in [4.78, 5) is 31.1. The van der Waals surface area contributed by atoms with E-state index in [4.69, 9.17) is 36.8 Å². The fourth-order valence-electron chi connectivity index (χ4n) is 16.0. The summed E-state index contributed by atoms with van der Waals surface area (Å²) in [6.45, 7) is 0. The lowest BCUT2D eigenvalue weighted by Gasteiger charge is -2.16. The molecule has 112 heavy (non-hydrogen) atoms. The Balaban J connectivity index is 0.000000113. The van der Waals surface area contributed by atoms with Gasteiger partial charge in [0.1, 0.15) is 0 Å². The lowest BCUT2D eigenvalue weighted by Crippen LogP contribution is -1.98. The van der Waals surface area contributed by atoms with Crippen LogP contribution in [0.4, 0.5) is 0 Å². The molecule has 0 aliphatic rings. The highest BCUT2D eigenvalue weighted by molar-refractivity contribution is 6.20. The molecule has 0 aliphatic heterocycles. The quantitative estimate of drug-likeness (QED) is 0.134. The van der Waals surface area contributed by atoms with Gasteiger partial charge < -0.3 is 0 Å². The van der Waals surface area contributed by atoms with Gasteiger partial charge in [-0.3, -0.25) is 0 Å². The Bertz CT molecular complexity index is 7660. The SMILES string of the molecule is [2H]c1c([2H])c([2H])c(-c2cc3c(-c4ccc5ccccc5c4)nc(-c4ccccc4)nc3c3ccccc23)c([2H])c1[2H].c1ccc(-c2nc(-c3cccc4ccccc34)c3cc(-c4ccccc4)c4ccccc4c3n2)cc1.c1ccc(-c2nc(-c3cccc4ccccc34)nc3c2cc(-c2cccc4ccccc24)c2ccccc23)cc1. The fourth-order valence-corrected chi connectivity index (χ4v) is 16.0. The van der Waals surface area contributed by atoms with Gasteiger partial charge in [0.05, 0.1) is 40.5 Å². The van der Waals surface area contributed by atoms with Crippen LogP contribution in [0.2, 0.25) is 0 Å². The van der Waals surface area contributed by atoms with Gasteiger partial charge in [0, 0.05) is 65.7 Å². The minimum atomic E-state index is -0.415. The topological polar surface area (TPSA) is 77.3 Å². The predicted octanol–water partition coefficient (Wildman–Crippen LogP) is 28.0. The monoisotopic (exact) mass is 1430 g/mol. The number of hydrogen-bond donors (Lipinski definition) is 0. The number of hydrogen-bond acceptors (Lipinski definition) is 6. The maximum Gasteiger partial charge on any atom is 0.161 e. The molecule has 6 nitrogen and oxygen atoms in total. The summed E-state index contributed by atoms with van der Waals surface area (Å²) in [6, 6.07) is 130. The normalized spacial score (nSPS) is 12.0. The van der Waals surface area contributed by atoms with Crippen LogP contribution in [-0.2, 0) is 0 Å². The van der Waals surface area contributed by atoms with Gasteiger partial charge in [-0.15, -0.1) is 0 Å². The second-order valence-electron chi connectivity index (χ2n) is 27.9. The van der Waals surface area contributed by atoms with Crippen molar-refractivity contribution < 1.29 is 6.85 Å². The van der Waals surface area contributed by atoms with Crippen LogP contribution in [0.25, 0.3) is 209 Å². The average molecular weight is 1430 g/mol. The van der Waals surface area contributed by atoms with Crippen molar-refractivity contribution >= 4 is 108 Å². The van der Waals surface area contributed by atoms with E-state index in [1.165, 1.54) is 60.0 Å². The van der Waals surface area contributed by atoms with E-state index in [1.54, 1.807) is 0 Å². The van der Waals surface area contributed by atoms with E-state index < -0.39 is 6.04 Å². The lowest BCUT2D eigenvalue weighted by molar-refractivity contribution is 1.23. The Labute approximate surface area is 654 Å². The van der Waals surface area contributed by atoms with Crippen LogP contribution in [0.1, 0.15) is 6.85 Å². The maximum atomic E-state index is 8.71.